The van der Waals surface area contributed by atoms with Gasteiger partial charge in [-0.2, -0.15) is 11.3 Å². The van der Waals surface area contributed by atoms with Crippen LogP contribution < -0.4 is 14.8 Å². The van der Waals surface area contributed by atoms with Crippen LogP contribution in [0.1, 0.15) is 52.4 Å². The summed E-state index contributed by atoms with van der Waals surface area (Å²) >= 11 is 1.56. The Bertz CT molecular complexity index is 1160. The first-order chi connectivity index (χ1) is 16.8. The van der Waals surface area contributed by atoms with E-state index in [9.17, 15) is 19.5 Å². The summed E-state index contributed by atoms with van der Waals surface area (Å²) in [5.41, 5.74) is 2.95. The number of hydrogen-bond acceptors (Lipinski definition) is 6. The second-order valence-corrected chi connectivity index (χ2v) is 8.65. The molecule has 1 amide bonds. The lowest BCUT2D eigenvalue weighted by Gasteiger charge is -2.23. The monoisotopic (exact) mass is 497 g/mol. The summed E-state index contributed by atoms with van der Waals surface area (Å²) in [6.07, 6.45) is -0.757. The van der Waals surface area contributed by atoms with Crippen molar-refractivity contribution in [2.45, 2.75) is 38.9 Å². The number of carboxylic acid groups (broad SMARTS) is 2. The van der Waals surface area contributed by atoms with Gasteiger partial charge in [-0.05, 0) is 59.0 Å². The highest BCUT2D eigenvalue weighted by Crippen LogP contribution is 2.33. The van der Waals surface area contributed by atoms with Crippen LogP contribution in [0.2, 0.25) is 0 Å². The molecule has 0 aliphatic heterocycles. The lowest BCUT2D eigenvalue weighted by Crippen LogP contribution is -2.26. The fourth-order valence-electron chi connectivity index (χ4n) is 3.43. The average Bonchev–Trinajstić information content (AvgIpc) is 3.34. The predicted octanol–water partition coefficient (Wildman–Crippen LogP) is 4.82. The second kappa shape index (κ2) is 12.6. The zero-order valence-corrected chi connectivity index (χ0v) is 20.0. The minimum absolute atomic E-state index is 0.0375. The van der Waals surface area contributed by atoms with Crippen LogP contribution in [0.5, 0.6) is 11.5 Å². The van der Waals surface area contributed by atoms with E-state index in [1.165, 1.54) is 0 Å². The Labute approximate surface area is 207 Å². The van der Waals surface area contributed by atoms with Crippen LogP contribution in [0, 0.1) is 6.92 Å². The first-order valence-corrected chi connectivity index (χ1v) is 12.0. The lowest BCUT2D eigenvalue weighted by molar-refractivity contribution is -0.138. The fourth-order valence-corrected chi connectivity index (χ4v) is 4.08. The number of thiophene rings is 1. The molecule has 0 aliphatic rings. The zero-order valence-electron chi connectivity index (χ0n) is 19.2. The largest absolute Gasteiger partial charge is 0.489 e. The second-order valence-electron chi connectivity index (χ2n) is 7.87. The first-order valence-electron chi connectivity index (χ1n) is 11.1. The molecule has 0 aliphatic carbocycles. The molecular formula is C26H27NO7S. The van der Waals surface area contributed by atoms with Gasteiger partial charge in [0, 0.05) is 19.0 Å². The minimum Gasteiger partial charge on any atom is -0.489 e. The Hall–Kier alpha value is -3.85. The molecule has 8 nitrogen and oxygen atoms in total. The number of aryl methyl sites for hydroxylation is 1. The number of amides is 1. The van der Waals surface area contributed by atoms with E-state index in [0.29, 0.717) is 12.4 Å². The summed E-state index contributed by atoms with van der Waals surface area (Å²) in [7, 11) is 0. The van der Waals surface area contributed by atoms with Gasteiger partial charge in [0.05, 0.1) is 12.0 Å². The van der Waals surface area contributed by atoms with Crippen LogP contribution >= 0.6 is 11.3 Å². The summed E-state index contributed by atoms with van der Waals surface area (Å²) in [4.78, 5) is 34.9. The molecule has 2 aromatic carbocycles. The molecule has 1 atom stereocenters. The molecule has 35 heavy (non-hydrogen) atoms. The van der Waals surface area contributed by atoms with Gasteiger partial charge in [0.15, 0.2) is 0 Å². The molecule has 0 saturated carbocycles. The van der Waals surface area contributed by atoms with Gasteiger partial charge in [-0.15, -0.1) is 0 Å². The van der Waals surface area contributed by atoms with Gasteiger partial charge >= 0.3 is 11.9 Å². The molecule has 0 bridgehead atoms. The Balaban J connectivity index is 1.90. The maximum absolute atomic E-state index is 12.8. The molecule has 0 spiro atoms. The van der Waals surface area contributed by atoms with Crippen molar-refractivity contribution in [2.75, 3.05) is 6.54 Å². The maximum atomic E-state index is 12.8. The van der Waals surface area contributed by atoms with Gasteiger partial charge in [0.2, 0.25) is 0 Å². The van der Waals surface area contributed by atoms with Crippen LogP contribution in [-0.2, 0) is 16.2 Å². The van der Waals surface area contributed by atoms with Gasteiger partial charge in [-0.3, -0.25) is 14.4 Å². The fraction of sp³-hybridized carbons (Fsp3) is 0.269. The number of hydrogen-bond donors (Lipinski definition) is 3. The van der Waals surface area contributed by atoms with E-state index in [2.05, 4.69) is 5.32 Å². The number of aliphatic carboxylic acids is 2. The zero-order chi connectivity index (χ0) is 25.2. The number of benzene rings is 2. The van der Waals surface area contributed by atoms with E-state index in [4.69, 9.17) is 14.6 Å². The van der Waals surface area contributed by atoms with Gasteiger partial charge in [-0.1, -0.05) is 24.3 Å². The first kappa shape index (κ1) is 25.8. The topological polar surface area (TPSA) is 122 Å². The summed E-state index contributed by atoms with van der Waals surface area (Å²) < 4.78 is 12.1. The van der Waals surface area contributed by atoms with Crippen LogP contribution in [-0.4, -0.2) is 34.6 Å². The van der Waals surface area contributed by atoms with Crippen molar-refractivity contribution in [1.82, 2.24) is 5.32 Å². The van der Waals surface area contributed by atoms with Crippen molar-refractivity contribution in [3.05, 3.63) is 81.5 Å². The number of carbonyl (C=O) groups is 3. The van der Waals surface area contributed by atoms with Crippen LogP contribution in [0.15, 0.2) is 59.3 Å². The SMILES string of the molecule is Cc1ccccc1[C@H](CCC(=O)O)Oc1cc(OCc2ccsc2)ccc1C(=O)NCCC(=O)O. The molecule has 0 saturated heterocycles. The van der Waals surface area contributed by atoms with Gasteiger partial charge < -0.3 is 25.0 Å². The molecule has 3 N–H and O–H groups in total. The van der Waals surface area contributed by atoms with E-state index in [1.807, 2.05) is 48.0 Å². The Morgan fingerprint density at radius 2 is 1.80 bits per heavy atom. The maximum Gasteiger partial charge on any atom is 0.305 e. The highest BCUT2D eigenvalue weighted by Gasteiger charge is 2.22. The molecule has 1 heterocycles. The van der Waals surface area contributed by atoms with E-state index in [1.54, 1.807) is 29.5 Å². The third-order valence-electron chi connectivity index (χ3n) is 5.23. The predicted molar refractivity (Wildman–Crippen MR) is 131 cm³/mol. The smallest absolute Gasteiger partial charge is 0.305 e. The highest BCUT2D eigenvalue weighted by atomic mass is 32.1. The highest BCUT2D eigenvalue weighted by molar-refractivity contribution is 7.07. The van der Waals surface area contributed by atoms with E-state index >= 15 is 0 Å². The van der Waals surface area contributed by atoms with Crippen LogP contribution in [0.25, 0.3) is 0 Å². The summed E-state index contributed by atoms with van der Waals surface area (Å²) in [6, 6.07) is 14.3. The van der Waals surface area contributed by atoms with Crippen molar-refractivity contribution in [3.8, 4) is 11.5 Å². The Morgan fingerprint density at radius 3 is 2.49 bits per heavy atom. The number of nitrogens with one attached hydrogen (secondary N) is 1. The number of carboxylic acids is 2. The van der Waals surface area contributed by atoms with E-state index in [-0.39, 0.29) is 37.1 Å². The van der Waals surface area contributed by atoms with Crippen molar-refractivity contribution in [2.24, 2.45) is 0 Å². The molecule has 0 fully saturated rings. The Kier molecular flexibility index (Phi) is 9.25. The third-order valence-corrected chi connectivity index (χ3v) is 5.96. The lowest BCUT2D eigenvalue weighted by atomic mass is 9.99. The van der Waals surface area contributed by atoms with Crippen LogP contribution in [0.3, 0.4) is 0 Å². The number of carbonyl (C=O) groups excluding carboxylic acids is 1. The molecule has 184 valence electrons. The normalized spacial score (nSPS) is 11.5. The molecule has 0 unspecified atom stereocenters. The standard InChI is InChI=1S/C26H27NO7S/c1-17-4-2-3-5-20(17)22(8-9-24(28)29)34-23-14-19(33-15-18-11-13-35-16-18)6-7-21(23)26(32)27-12-10-25(30)31/h2-7,11,13-14,16,22H,8-10,12,15H2,1H3,(H,27,32)(H,28,29)(H,30,31)/t22-/m0/s1. The van der Waals surface area contributed by atoms with E-state index in [0.717, 1.165) is 16.7 Å². The van der Waals surface area contributed by atoms with Crippen molar-refractivity contribution in [1.29, 1.82) is 0 Å². The molecule has 9 heteroatoms. The van der Waals surface area contributed by atoms with Crippen molar-refractivity contribution in [3.63, 3.8) is 0 Å². The molecule has 1 aromatic heterocycles. The van der Waals surface area contributed by atoms with Crippen molar-refractivity contribution < 1.29 is 34.1 Å². The summed E-state index contributed by atoms with van der Waals surface area (Å²) in [6.45, 7) is 2.21. The quantitative estimate of drug-likeness (QED) is 0.309. The Morgan fingerprint density at radius 1 is 1.03 bits per heavy atom. The molecule has 0 radical (unpaired) electrons. The summed E-state index contributed by atoms with van der Waals surface area (Å²) in [5, 5.41) is 24.6. The van der Waals surface area contributed by atoms with Crippen LogP contribution in [0.4, 0.5) is 0 Å². The molecular weight excluding hydrogens is 470 g/mol. The minimum atomic E-state index is -1.02. The van der Waals surface area contributed by atoms with Crippen molar-refractivity contribution >= 4 is 29.2 Å². The molecule has 3 rings (SSSR count). The summed E-state index contributed by atoms with van der Waals surface area (Å²) in [5.74, 6) is -1.76. The number of ether oxygens (including phenoxy) is 2. The number of rotatable bonds is 13. The molecule has 3 aromatic rings. The van der Waals surface area contributed by atoms with Gasteiger partial charge in [-0.25, -0.2) is 0 Å². The van der Waals surface area contributed by atoms with Gasteiger partial charge in [0.25, 0.3) is 5.91 Å². The third kappa shape index (κ3) is 7.86. The van der Waals surface area contributed by atoms with Gasteiger partial charge in [0.1, 0.15) is 24.2 Å². The van der Waals surface area contributed by atoms with E-state index < -0.39 is 23.9 Å². The average molecular weight is 498 g/mol.